The third-order valence-corrected chi connectivity index (χ3v) is 5.33. The maximum atomic E-state index is 12.5. The van der Waals surface area contributed by atoms with Crippen molar-refractivity contribution in [1.82, 2.24) is 0 Å². The molecular weight excluding hydrogens is 440 g/mol. The average molecular weight is 462 g/mol. The highest BCUT2D eigenvalue weighted by atomic mass is 16.7. The van der Waals surface area contributed by atoms with Gasteiger partial charge in [-0.25, -0.2) is 0 Å². The van der Waals surface area contributed by atoms with E-state index in [-0.39, 0.29) is 34.0 Å². The minimum absolute atomic E-state index is 0.0396. The molecule has 4 rings (SSSR count). The van der Waals surface area contributed by atoms with Gasteiger partial charge in [-0.2, -0.15) is 0 Å². The van der Waals surface area contributed by atoms with Crippen LogP contribution in [0.2, 0.25) is 0 Å². The fraction of sp³-hybridized carbons (Fsp3) is 0.318. The minimum Gasteiger partial charge on any atom is -0.508 e. The number of aliphatic hydroxyl groups is 4. The predicted molar refractivity (Wildman–Crippen MR) is 112 cm³/mol. The molecule has 176 valence electrons. The number of phenols is 2. The monoisotopic (exact) mass is 462 g/mol. The molecule has 0 aliphatic carbocycles. The van der Waals surface area contributed by atoms with Gasteiger partial charge in [0.2, 0.25) is 6.29 Å². The molecule has 1 fully saturated rings. The highest BCUT2D eigenvalue weighted by Crippen LogP contribution is 2.36. The highest BCUT2D eigenvalue weighted by molar-refractivity contribution is 5.86. The van der Waals surface area contributed by atoms with Crippen molar-refractivity contribution in [2.24, 2.45) is 0 Å². The molecular formula is C22H22O11. The summed E-state index contributed by atoms with van der Waals surface area (Å²) in [5.41, 5.74) is -0.240. The third-order valence-electron chi connectivity index (χ3n) is 5.33. The zero-order chi connectivity index (χ0) is 23.9. The molecule has 33 heavy (non-hydrogen) atoms. The maximum absolute atomic E-state index is 12.5. The molecule has 0 amide bonds. The summed E-state index contributed by atoms with van der Waals surface area (Å²) in [6.07, 6.45) is -7.43. The van der Waals surface area contributed by atoms with Crippen LogP contribution in [0.3, 0.4) is 0 Å². The Labute approximate surface area is 186 Å². The fourth-order valence-electron chi connectivity index (χ4n) is 3.61. The van der Waals surface area contributed by atoms with Gasteiger partial charge in [-0.3, -0.25) is 4.79 Å². The Balaban J connectivity index is 1.73. The van der Waals surface area contributed by atoms with E-state index >= 15 is 0 Å². The van der Waals surface area contributed by atoms with Gasteiger partial charge in [-0.1, -0.05) is 0 Å². The quantitative estimate of drug-likeness (QED) is 0.302. The molecule has 11 heteroatoms. The summed E-state index contributed by atoms with van der Waals surface area (Å²) in [6, 6.07) is 7.85. The van der Waals surface area contributed by atoms with Crippen molar-refractivity contribution < 1.29 is 49.3 Å². The lowest BCUT2D eigenvalue weighted by molar-refractivity contribution is -0.277. The van der Waals surface area contributed by atoms with E-state index in [1.807, 2.05) is 0 Å². The number of rotatable bonds is 5. The van der Waals surface area contributed by atoms with Crippen LogP contribution in [0.25, 0.3) is 22.3 Å². The summed E-state index contributed by atoms with van der Waals surface area (Å²) in [7, 11) is 1.37. The lowest BCUT2D eigenvalue weighted by Gasteiger charge is -2.39. The number of aromatic hydroxyl groups is 2. The Morgan fingerprint density at radius 2 is 1.73 bits per heavy atom. The van der Waals surface area contributed by atoms with Crippen LogP contribution >= 0.6 is 0 Å². The van der Waals surface area contributed by atoms with E-state index in [0.717, 1.165) is 12.1 Å². The van der Waals surface area contributed by atoms with Crippen LogP contribution in [-0.4, -0.2) is 75.1 Å². The first-order chi connectivity index (χ1) is 15.7. The Bertz CT molecular complexity index is 1220. The first-order valence-electron chi connectivity index (χ1n) is 9.89. The first-order valence-corrected chi connectivity index (χ1v) is 9.89. The van der Waals surface area contributed by atoms with Gasteiger partial charge in [-0.15, -0.1) is 0 Å². The first kappa shape index (κ1) is 22.8. The molecule has 1 aromatic heterocycles. The van der Waals surface area contributed by atoms with Crippen LogP contribution in [0.1, 0.15) is 0 Å². The van der Waals surface area contributed by atoms with Crippen molar-refractivity contribution in [3.63, 3.8) is 0 Å². The molecule has 0 bridgehead atoms. The molecule has 0 radical (unpaired) electrons. The predicted octanol–water partition coefficient (Wildman–Crippen LogP) is 0.0585. The number of ether oxygens (including phenoxy) is 3. The second kappa shape index (κ2) is 8.89. The van der Waals surface area contributed by atoms with Crippen molar-refractivity contribution in [1.29, 1.82) is 0 Å². The molecule has 11 nitrogen and oxygen atoms in total. The van der Waals surface area contributed by atoms with Gasteiger partial charge in [0.15, 0.2) is 16.9 Å². The lowest BCUT2D eigenvalue weighted by Crippen LogP contribution is -2.60. The molecule has 5 atom stereocenters. The summed E-state index contributed by atoms with van der Waals surface area (Å²) in [5, 5.41) is 59.1. The highest BCUT2D eigenvalue weighted by Gasteiger charge is 2.45. The number of phenolic OH excluding ortho intramolecular Hbond substituents is 2. The Kier molecular flexibility index (Phi) is 6.15. The van der Waals surface area contributed by atoms with Gasteiger partial charge in [0.05, 0.1) is 13.7 Å². The van der Waals surface area contributed by atoms with Crippen LogP contribution in [0, 0.1) is 0 Å². The molecule has 2 heterocycles. The zero-order valence-corrected chi connectivity index (χ0v) is 17.3. The van der Waals surface area contributed by atoms with Gasteiger partial charge in [0.1, 0.15) is 52.6 Å². The fourth-order valence-corrected chi connectivity index (χ4v) is 3.61. The second-order valence-electron chi connectivity index (χ2n) is 7.49. The van der Waals surface area contributed by atoms with Gasteiger partial charge in [0, 0.05) is 23.8 Å². The number of aliphatic hydroxyl groups excluding tert-OH is 4. The molecule has 1 saturated heterocycles. The van der Waals surface area contributed by atoms with Crippen LogP contribution in [0.15, 0.2) is 45.6 Å². The summed E-state index contributed by atoms with van der Waals surface area (Å²) >= 11 is 0. The average Bonchev–Trinajstić information content (AvgIpc) is 2.78. The minimum atomic E-state index is -1.64. The van der Waals surface area contributed by atoms with E-state index in [1.165, 1.54) is 25.3 Å². The van der Waals surface area contributed by atoms with Gasteiger partial charge in [0.25, 0.3) is 0 Å². The topological polar surface area (TPSA) is 179 Å². The Morgan fingerprint density at radius 1 is 0.970 bits per heavy atom. The van der Waals surface area contributed by atoms with Crippen LogP contribution in [-0.2, 0) is 4.74 Å². The molecule has 1 aliphatic heterocycles. The summed E-state index contributed by atoms with van der Waals surface area (Å²) in [4.78, 5) is 12.5. The SMILES string of the molecule is COc1ccc(-c2cc(=O)c3c(O)cc(O)cc3o2)cc1O[C@@H]1O[C@H](CO)[C@@H](O)[C@H](O)[C@H]1O. The standard InChI is InChI=1S/C22H22O11/c1-30-13-3-2-9(14-7-12(26)18-11(25)5-10(24)6-16(18)31-14)4-15(13)32-22-21(29)20(28)19(27)17(8-23)33-22/h2-7,17,19-25,27-29H,8H2,1H3/t17-,19-,20+,21-,22-/m1/s1. The summed E-state index contributed by atoms with van der Waals surface area (Å²) in [5.74, 6) is -0.373. The van der Waals surface area contributed by atoms with E-state index in [2.05, 4.69) is 0 Å². The van der Waals surface area contributed by atoms with Gasteiger partial charge < -0.3 is 49.3 Å². The number of methoxy groups -OCH3 is 1. The van der Waals surface area contributed by atoms with E-state index < -0.39 is 48.5 Å². The van der Waals surface area contributed by atoms with Crippen LogP contribution in [0.5, 0.6) is 23.0 Å². The van der Waals surface area contributed by atoms with Crippen LogP contribution < -0.4 is 14.9 Å². The largest absolute Gasteiger partial charge is 0.508 e. The van der Waals surface area contributed by atoms with Crippen LogP contribution in [0.4, 0.5) is 0 Å². The van der Waals surface area contributed by atoms with E-state index in [1.54, 1.807) is 6.07 Å². The second-order valence-corrected chi connectivity index (χ2v) is 7.49. The molecule has 1 aliphatic rings. The van der Waals surface area contributed by atoms with Crippen molar-refractivity contribution in [3.8, 4) is 34.3 Å². The van der Waals surface area contributed by atoms with Crippen molar-refractivity contribution in [2.75, 3.05) is 13.7 Å². The zero-order valence-electron chi connectivity index (χ0n) is 17.3. The van der Waals surface area contributed by atoms with Gasteiger partial charge in [-0.05, 0) is 18.2 Å². The molecule has 2 aromatic carbocycles. The lowest BCUT2D eigenvalue weighted by atomic mass is 9.99. The Morgan fingerprint density at radius 3 is 2.42 bits per heavy atom. The molecule has 0 unspecified atom stereocenters. The molecule has 0 spiro atoms. The summed E-state index contributed by atoms with van der Waals surface area (Å²) < 4.78 is 22.0. The van der Waals surface area contributed by atoms with E-state index in [4.69, 9.17) is 18.6 Å². The molecule has 0 saturated carbocycles. The summed E-state index contributed by atoms with van der Waals surface area (Å²) in [6.45, 7) is -0.621. The van der Waals surface area contributed by atoms with Gasteiger partial charge >= 0.3 is 0 Å². The number of hydrogen-bond donors (Lipinski definition) is 6. The normalized spacial score (nSPS) is 25.2. The Hall–Kier alpha value is -3.35. The maximum Gasteiger partial charge on any atom is 0.229 e. The molecule has 3 aromatic rings. The number of fused-ring (bicyclic) bond motifs is 1. The number of hydrogen-bond acceptors (Lipinski definition) is 11. The van der Waals surface area contributed by atoms with Crippen molar-refractivity contribution in [3.05, 3.63) is 46.6 Å². The molecule has 6 N–H and O–H groups in total. The third kappa shape index (κ3) is 4.19. The van der Waals surface area contributed by atoms with E-state index in [0.29, 0.717) is 5.56 Å². The van der Waals surface area contributed by atoms with Crippen molar-refractivity contribution >= 4 is 11.0 Å². The number of benzene rings is 2. The van der Waals surface area contributed by atoms with E-state index in [9.17, 15) is 35.4 Å². The van der Waals surface area contributed by atoms with Crippen molar-refractivity contribution in [2.45, 2.75) is 30.7 Å². The smallest absolute Gasteiger partial charge is 0.229 e.